The maximum absolute atomic E-state index is 11.8. The molecular formula is C28H24O8. The van der Waals surface area contributed by atoms with E-state index in [1.807, 2.05) is 13.8 Å². The van der Waals surface area contributed by atoms with E-state index in [0.29, 0.717) is 11.1 Å². The Balaban J connectivity index is 2.56. The number of hydrogen-bond donors (Lipinski definition) is 0. The lowest BCUT2D eigenvalue weighted by molar-refractivity contribution is -0.131. The third-order valence-corrected chi connectivity index (χ3v) is 4.82. The fourth-order valence-corrected chi connectivity index (χ4v) is 2.84. The summed E-state index contributed by atoms with van der Waals surface area (Å²) in [5.74, 6) is -2.85. The maximum atomic E-state index is 11.8. The van der Waals surface area contributed by atoms with E-state index in [4.69, 9.17) is 18.9 Å². The third-order valence-electron chi connectivity index (χ3n) is 4.82. The van der Waals surface area contributed by atoms with Gasteiger partial charge in [-0.1, -0.05) is 38.4 Å². The molecule has 0 amide bonds. The number of esters is 4. The number of carbonyl (C=O) groups excluding carboxylic acids is 4. The van der Waals surface area contributed by atoms with Crippen LogP contribution in [-0.2, 0) is 19.2 Å². The van der Waals surface area contributed by atoms with Gasteiger partial charge in [-0.3, -0.25) is 0 Å². The van der Waals surface area contributed by atoms with Crippen LogP contribution in [0, 0.1) is 0 Å². The standard InChI is InChI=1S/C28H24O8/c1-7-25(29)33-21-13-11-19(15-23(21)35-27(31)9-3)17(5)18(6)20-12-14-22(34-26(30)8-2)24(16-20)36-28(32)10-4/h7-16H,1-4H2,5-6H3. The molecular weight excluding hydrogens is 464 g/mol. The van der Waals surface area contributed by atoms with Crippen LogP contribution in [0.4, 0.5) is 0 Å². The normalized spacial score (nSPS) is 10.7. The van der Waals surface area contributed by atoms with Crippen LogP contribution in [0.1, 0.15) is 25.0 Å². The molecule has 0 aliphatic rings. The maximum Gasteiger partial charge on any atom is 0.335 e. The van der Waals surface area contributed by atoms with Crippen LogP contribution >= 0.6 is 0 Å². The lowest BCUT2D eigenvalue weighted by Crippen LogP contribution is -2.09. The highest BCUT2D eigenvalue weighted by Gasteiger charge is 2.16. The molecule has 0 aromatic heterocycles. The van der Waals surface area contributed by atoms with Crippen molar-refractivity contribution < 1.29 is 38.1 Å². The summed E-state index contributed by atoms with van der Waals surface area (Å²) in [6.07, 6.45) is 3.92. The Kier molecular flexibility index (Phi) is 9.45. The molecule has 2 aromatic carbocycles. The molecule has 8 nitrogen and oxygen atoms in total. The smallest absolute Gasteiger partial charge is 0.335 e. The molecule has 0 aliphatic heterocycles. The summed E-state index contributed by atoms with van der Waals surface area (Å²) < 4.78 is 20.8. The van der Waals surface area contributed by atoms with Gasteiger partial charge in [-0.15, -0.1) is 0 Å². The quantitative estimate of drug-likeness (QED) is 0.199. The van der Waals surface area contributed by atoms with E-state index in [0.717, 1.165) is 35.5 Å². The third kappa shape index (κ3) is 7.01. The molecule has 184 valence electrons. The molecule has 0 unspecified atom stereocenters. The van der Waals surface area contributed by atoms with Crippen molar-refractivity contribution in [1.82, 2.24) is 0 Å². The Labute approximate surface area is 208 Å². The zero-order valence-electron chi connectivity index (χ0n) is 19.9. The van der Waals surface area contributed by atoms with Gasteiger partial charge < -0.3 is 18.9 Å². The van der Waals surface area contributed by atoms with Gasteiger partial charge in [0.1, 0.15) is 0 Å². The lowest BCUT2D eigenvalue weighted by Gasteiger charge is -2.15. The highest BCUT2D eigenvalue weighted by Crippen LogP contribution is 2.36. The minimum Gasteiger partial charge on any atom is -0.419 e. The number of rotatable bonds is 10. The molecule has 0 saturated heterocycles. The summed E-state index contributed by atoms with van der Waals surface area (Å²) in [7, 11) is 0. The van der Waals surface area contributed by atoms with E-state index < -0.39 is 23.9 Å². The summed E-state index contributed by atoms with van der Waals surface area (Å²) in [6, 6.07) is 9.38. The highest BCUT2D eigenvalue weighted by molar-refractivity contribution is 5.92. The fraction of sp³-hybridized carbons (Fsp3) is 0.0714. The number of carbonyl (C=O) groups is 4. The molecule has 0 aliphatic carbocycles. The molecule has 0 atom stereocenters. The van der Waals surface area contributed by atoms with E-state index in [-0.39, 0.29) is 23.0 Å². The largest absolute Gasteiger partial charge is 0.419 e. The number of benzene rings is 2. The van der Waals surface area contributed by atoms with E-state index in [2.05, 4.69) is 26.3 Å². The monoisotopic (exact) mass is 488 g/mol. The van der Waals surface area contributed by atoms with Gasteiger partial charge in [0.15, 0.2) is 23.0 Å². The molecule has 0 heterocycles. The SMILES string of the molecule is C=CC(=O)Oc1ccc(C(C)=C(C)c2ccc(OC(=O)C=C)c(OC(=O)C=C)c2)cc1OC(=O)C=C. The molecule has 0 spiro atoms. The van der Waals surface area contributed by atoms with Crippen molar-refractivity contribution in [3.63, 3.8) is 0 Å². The Morgan fingerprint density at radius 2 is 0.806 bits per heavy atom. The van der Waals surface area contributed by atoms with Crippen molar-refractivity contribution in [3.05, 3.63) is 98.1 Å². The van der Waals surface area contributed by atoms with Gasteiger partial charge in [0.2, 0.25) is 0 Å². The van der Waals surface area contributed by atoms with Crippen LogP contribution in [0.25, 0.3) is 11.1 Å². The predicted molar refractivity (Wildman–Crippen MR) is 134 cm³/mol. The first-order valence-corrected chi connectivity index (χ1v) is 10.5. The number of ether oxygens (including phenoxy) is 4. The van der Waals surface area contributed by atoms with E-state index in [1.54, 1.807) is 12.1 Å². The topological polar surface area (TPSA) is 105 Å². The first-order valence-electron chi connectivity index (χ1n) is 10.5. The average Bonchev–Trinajstić information content (AvgIpc) is 2.89. The number of allylic oxidation sites excluding steroid dienone is 2. The molecule has 0 radical (unpaired) electrons. The average molecular weight is 488 g/mol. The van der Waals surface area contributed by atoms with Crippen LogP contribution in [0.5, 0.6) is 23.0 Å². The molecule has 2 rings (SSSR count). The zero-order valence-corrected chi connectivity index (χ0v) is 19.9. The highest BCUT2D eigenvalue weighted by atomic mass is 16.6. The summed E-state index contributed by atoms with van der Waals surface area (Å²) in [5.41, 5.74) is 2.79. The second-order valence-corrected chi connectivity index (χ2v) is 7.07. The van der Waals surface area contributed by atoms with Crippen LogP contribution in [0.3, 0.4) is 0 Å². The van der Waals surface area contributed by atoms with Crippen LogP contribution in [-0.4, -0.2) is 23.9 Å². The number of hydrogen-bond acceptors (Lipinski definition) is 8. The van der Waals surface area contributed by atoms with Crippen LogP contribution < -0.4 is 18.9 Å². The molecule has 36 heavy (non-hydrogen) atoms. The van der Waals surface area contributed by atoms with Crippen molar-refractivity contribution in [2.24, 2.45) is 0 Å². The fourth-order valence-electron chi connectivity index (χ4n) is 2.84. The zero-order chi connectivity index (χ0) is 26.8. The lowest BCUT2D eigenvalue weighted by atomic mass is 9.96. The van der Waals surface area contributed by atoms with Crippen molar-refractivity contribution >= 4 is 35.0 Å². The van der Waals surface area contributed by atoms with E-state index in [9.17, 15) is 19.2 Å². The van der Waals surface area contributed by atoms with Crippen molar-refractivity contribution in [3.8, 4) is 23.0 Å². The van der Waals surface area contributed by atoms with Crippen molar-refractivity contribution in [1.29, 1.82) is 0 Å². The summed E-state index contributed by atoms with van der Waals surface area (Å²) >= 11 is 0. The van der Waals surface area contributed by atoms with Gasteiger partial charge in [-0.05, 0) is 60.4 Å². The predicted octanol–water partition coefficient (Wildman–Crippen LogP) is 5.00. The minimum atomic E-state index is -0.736. The van der Waals surface area contributed by atoms with Crippen LogP contribution in [0.2, 0.25) is 0 Å². The molecule has 0 fully saturated rings. The molecule has 2 aromatic rings. The Bertz CT molecular complexity index is 1200. The molecule has 0 saturated carbocycles. The Morgan fingerprint density at radius 3 is 1.08 bits per heavy atom. The van der Waals surface area contributed by atoms with Gasteiger partial charge in [0.25, 0.3) is 0 Å². The minimum absolute atomic E-state index is 0.00652. The van der Waals surface area contributed by atoms with Gasteiger partial charge in [0, 0.05) is 24.3 Å². The van der Waals surface area contributed by atoms with Gasteiger partial charge in [-0.2, -0.15) is 0 Å². The van der Waals surface area contributed by atoms with Gasteiger partial charge >= 0.3 is 23.9 Å². The van der Waals surface area contributed by atoms with Crippen molar-refractivity contribution in [2.75, 3.05) is 0 Å². The van der Waals surface area contributed by atoms with Gasteiger partial charge in [0.05, 0.1) is 0 Å². The van der Waals surface area contributed by atoms with E-state index in [1.165, 1.54) is 24.3 Å². The first-order chi connectivity index (χ1) is 17.1. The second-order valence-electron chi connectivity index (χ2n) is 7.07. The van der Waals surface area contributed by atoms with Gasteiger partial charge in [-0.25, -0.2) is 19.2 Å². The Morgan fingerprint density at radius 1 is 0.528 bits per heavy atom. The Hall–Kier alpha value is -4.98. The van der Waals surface area contributed by atoms with Crippen LogP contribution in [0.15, 0.2) is 87.0 Å². The summed E-state index contributed by atoms with van der Waals surface area (Å²) in [6.45, 7) is 17.1. The molecule has 8 heteroatoms. The van der Waals surface area contributed by atoms with Crippen molar-refractivity contribution in [2.45, 2.75) is 13.8 Å². The first kappa shape index (κ1) is 27.3. The summed E-state index contributed by atoms with van der Waals surface area (Å²) in [4.78, 5) is 46.9. The molecule has 0 N–H and O–H groups in total. The second kappa shape index (κ2) is 12.5. The molecule has 0 bridgehead atoms. The van der Waals surface area contributed by atoms with E-state index >= 15 is 0 Å². The summed E-state index contributed by atoms with van der Waals surface area (Å²) in [5, 5.41) is 0.